The lowest BCUT2D eigenvalue weighted by Gasteiger charge is -1.92. The summed E-state index contributed by atoms with van der Waals surface area (Å²) in [5, 5.41) is 0. The second kappa shape index (κ2) is 1.51. The fraction of sp³-hybridized carbons (Fsp3) is 0.333. The fourth-order valence-electron chi connectivity index (χ4n) is 0.981. The van der Waals surface area contributed by atoms with E-state index in [1.807, 2.05) is 6.08 Å². The predicted molar refractivity (Wildman–Crippen MR) is 31.2 cm³/mol. The molecule has 0 saturated carbocycles. The maximum atomic E-state index is 5.45. The summed E-state index contributed by atoms with van der Waals surface area (Å²) in [6.45, 7) is 0.361. The van der Waals surface area contributed by atoms with Gasteiger partial charge in [-0.15, -0.1) is 0 Å². The van der Waals surface area contributed by atoms with Crippen LogP contribution in [0, 0.1) is 0 Å². The molecule has 2 N–H and O–H groups in total. The number of hydrogen-bond donors (Lipinski definition) is 1. The van der Waals surface area contributed by atoms with Crippen LogP contribution in [0.3, 0.4) is 0 Å². The zero-order chi connectivity index (χ0) is 6.27. The molecule has 1 heterocycles. The molecule has 0 amide bonds. The van der Waals surface area contributed by atoms with Crippen molar-refractivity contribution in [2.75, 3.05) is 6.79 Å². The quantitative estimate of drug-likeness (QED) is 0.499. The Morgan fingerprint density at radius 3 is 3.33 bits per heavy atom. The largest absolute Gasteiger partial charge is 0.469 e. The van der Waals surface area contributed by atoms with Gasteiger partial charge in [-0.05, 0) is 6.08 Å². The molecule has 2 aliphatic rings. The molecule has 0 radical (unpaired) electrons. The van der Waals surface area contributed by atoms with Gasteiger partial charge in [0.05, 0.1) is 0 Å². The Labute approximate surface area is 52.7 Å². The van der Waals surface area contributed by atoms with Gasteiger partial charge in [-0.2, -0.15) is 0 Å². The molecule has 0 aromatic heterocycles. The van der Waals surface area contributed by atoms with Crippen LogP contribution in [0.1, 0.15) is 0 Å². The molecule has 0 aromatic rings. The third-order valence-electron chi connectivity index (χ3n) is 1.41. The molecule has 1 fully saturated rings. The molecule has 0 aromatic carbocycles. The number of hydrogen-bond acceptors (Lipinski definition) is 3. The van der Waals surface area contributed by atoms with Crippen molar-refractivity contribution in [3.05, 3.63) is 23.6 Å². The van der Waals surface area contributed by atoms with Crippen LogP contribution < -0.4 is 5.73 Å². The monoisotopic (exact) mass is 125 g/mol. The van der Waals surface area contributed by atoms with E-state index in [1.165, 1.54) is 0 Å². The second-order valence-corrected chi connectivity index (χ2v) is 2.06. The van der Waals surface area contributed by atoms with Gasteiger partial charge < -0.3 is 15.2 Å². The molecule has 1 aliphatic carbocycles. The maximum Gasteiger partial charge on any atom is 0.189 e. The van der Waals surface area contributed by atoms with Gasteiger partial charge in [0.2, 0.25) is 0 Å². The summed E-state index contributed by atoms with van der Waals surface area (Å²) in [6, 6.07) is 0. The third-order valence-corrected chi connectivity index (χ3v) is 1.41. The summed E-state index contributed by atoms with van der Waals surface area (Å²) in [5.74, 6) is 0.840. The number of allylic oxidation sites excluding steroid dienone is 1. The number of ether oxygens (including phenoxy) is 2. The molecule has 1 aliphatic heterocycles. The van der Waals surface area contributed by atoms with Crippen molar-refractivity contribution < 1.29 is 9.47 Å². The highest BCUT2D eigenvalue weighted by Gasteiger charge is 2.25. The highest BCUT2D eigenvalue weighted by Crippen LogP contribution is 2.24. The van der Waals surface area contributed by atoms with Crippen LogP contribution in [0.2, 0.25) is 0 Å². The molecule has 1 atom stereocenters. The number of rotatable bonds is 0. The summed E-state index contributed by atoms with van der Waals surface area (Å²) >= 11 is 0. The van der Waals surface area contributed by atoms with Crippen molar-refractivity contribution in [1.82, 2.24) is 0 Å². The first-order chi connectivity index (χ1) is 4.36. The van der Waals surface area contributed by atoms with Gasteiger partial charge in [-0.3, -0.25) is 0 Å². The van der Waals surface area contributed by atoms with E-state index in [0.717, 1.165) is 11.5 Å². The smallest absolute Gasteiger partial charge is 0.189 e. The van der Waals surface area contributed by atoms with Gasteiger partial charge in [0.1, 0.15) is 11.9 Å². The lowest BCUT2D eigenvalue weighted by molar-refractivity contribution is 0.0620. The molecule has 48 valence electrons. The number of nitrogens with two attached hydrogens (primary N) is 1. The van der Waals surface area contributed by atoms with E-state index in [0.29, 0.717) is 6.79 Å². The van der Waals surface area contributed by atoms with Gasteiger partial charge in [0.15, 0.2) is 6.79 Å². The van der Waals surface area contributed by atoms with Crippen molar-refractivity contribution in [1.29, 1.82) is 0 Å². The molecular weight excluding hydrogens is 118 g/mol. The SMILES string of the molecule is NC1=CC2OCOC2=C1. The maximum absolute atomic E-state index is 5.45. The first-order valence-electron chi connectivity index (χ1n) is 2.79. The molecule has 0 spiro atoms. The highest BCUT2D eigenvalue weighted by atomic mass is 16.7. The van der Waals surface area contributed by atoms with Crippen LogP contribution in [0.25, 0.3) is 0 Å². The molecule has 9 heavy (non-hydrogen) atoms. The molecule has 1 unspecified atom stereocenters. The van der Waals surface area contributed by atoms with E-state index < -0.39 is 0 Å². The highest BCUT2D eigenvalue weighted by molar-refractivity contribution is 5.32. The Morgan fingerprint density at radius 2 is 2.56 bits per heavy atom. The first-order valence-corrected chi connectivity index (χ1v) is 2.79. The molecular formula is C6H7NO2. The van der Waals surface area contributed by atoms with Crippen molar-refractivity contribution in [2.45, 2.75) is 6.10 Å². The van der Waals surface area contributed by atoms with E-state index in [9.17, 15) is 0 Å². The minimum atomic E-state index is 0.00463. The average Bonchev–Trinajstić information content (AvgIpc) is 2.22. The van der Waals surface area contributed by atoms with Crippen LogP contribution in [-0.2, 0) is 9.47 Å². The Hall–Kier alpha value is -0.960. The van der Waals surface area contributed by atoms with Crippen LogP contribution in [0.15, 0.2) is 23.6 Å². The van der Waals surface area contributed by atoms with E-state index in [2.05, 4.69) is 0 Å². The summed E-state index contributed by atoms with van der Waals surface area (Å²) in [6.07, 6.45) is 3.63. The topological polar surface area (TPSA) is 44.5 Å². The van der Waals surface area contributed by atoms with Crippen LogP contribution in [0.5, 0.6) is 0 Å². The van der Waals surface area contributed by atoms with Crippen molar-refractivity contribution in [3.8, 4) is 0 Å². The van der Waals surface area contributed by atoms with Gasteiger partial charge in [-0.1, -0.05) is 0 Å². The van der Waals surface area contributed by atoms with Crippen LogP contribution in [0.4, 0.5) is 0 Å². The summed E-state index contributed by atoms with van der Waals surface area (Å²) in [5.41, 5.74) is 6.18. The third kappa shape index (κ3) is 0.616. The Bertz CT molecular complexity index is 195. The lowest BCUT2D eigenvalue weighted by Crippen LogP contribution is -1.99. The van der Waals surface area contributed by atoms with Crippen LogP contribution >= 0.6 is 0 Å². The van der Waals surface area contributed by atoms with E-state index in [-0.39, 0.29) is 6.10 Å². The van der Waals surface area contributed by atoms with Crippen molar-refractivity contribution in [2.24, 2.45) is 5.73 Å². The predicted octanol–water partition coefficient (Wildman–Crippen LogP) is 0.0994. The summed E-state index contributed by atoms with van der Waals surface area (Å²) in [7, 11) is 0. The zero-order valence-electron chi connectivity index (χ0n) is 4.83. The van der Waals surface area contributed by atoms with Gasteiger partial charge in [0.25, 0.3) is 0 Å². The standard InChI is InChI=1S/C6H7NO2/c7-4-1-5-6(2-4)9-3-8-5/h1-2,5H,3,7H2. The molecule has 1 saturated heterocycles. The van der Waals surface area contributed by atoms with E-state index >= 15 is 0 Å². The minimum Gasteiger partial charge on any atom is -0.469 e. The van der Waals surface area contributed by atoms with E-state index in [1.54, 1.807) is 6.08 Å². The first kappa shape index (κ1) is 4.88. The normalized spacial score (nSPS) is 30.9. The average molecular weight is 125 g/mol. The fourth-order valence-corrected chi connectivity index (χ4v) is 0.981. The Kier molecular flexibility index (Phi) is 0.818. The minimum absolute atomic E-state index is 0.00463. The lowest BCUT2D eigenvalue weighted by atomic mass is 10.4. The Morgan fingerprint density at radius 1 is 1.67 bits per heavy atom. The summed E-state index contributed by atoms with van der Waals surface area (Å²) < 4.78 is 10.2. The number of fused-ring (bicyclic) bond motifs is 1. The zero-order valence-corrected chi connectivity index (χ0v) is 4.83. The van der Waals surface area contributed by atoms with Gasteiger partial charge in [-0.25, -0.2) is 0 Å². The van der Waals surface area contributed by atoms with Crippen molar-refractivity contribution in [3.63, 3.8) is 0 Å². The van der Waals surface area contributed by atoms with Crippen molar-refractivity contribution >= 4 is 0 Å². The van der Waals surface area contributed by atoms with Gasteiger partial charge >= 0.3 is 0 Å². The second-order valence-electron chi connectivity index (χ2n) is 2.06. The molecule has 3 nitrogen and oxygen atoms in total. The van der Waals surface area contributed by atoms with Gasteiger partial charge in [0, 0.05) is 11.8 Å². The molecule has 0 bridgehead atoms. The molecule has 3 heteroatoms. The van der Waals surface area contributed by atoms with Crippen LogP contribution in [-0.4, -0.2) is 12.9 Å². The van der Waals surface area contributed by atoms with E-state index in [4.69, 9.17) is 15.2 Å². The Balaban J connectivity index is 2.29. The molecule has 2 rings (SSSR count). The summed E-state index contributed by atoms with van der Waals surface area (Å²) in [4.78, 5) is 0.